The topological polar surface area (TPSA) is 51.2 Å². The van der Waals surface area contributed by atoms with Crippen molar-refractivity contribution in [3.8, 4) is 0 Å². The average Bonchev–Trinajstić information content (AvgIpc) is 2.42. The molecule has 0 heterocycles. The Morgan fingerprint density at radius 2 is 1.76 bits per heavy atom. The van der Waals surface area contributed by atoms with Crippen LogP contribution in [0.15, 0.2) is 51.8 Å². The summed E-state index contributed by atoms with van der Waals surface area (Å²) in [6, 6.07) is 10.2. The molecule has 0 atom stereocenters. The second kappa shape index (κ2) is 6.07. The number of hydrogen-bond acceptors (Lipinski definition) is 3. The van der Waals surface area contributed by atoms with E-state index in [2.05, 4.69) is 15.9 Å². The molecule has 0 aromatic heterocycles. The highest BCUT2D eigenvalue weighted by atomic mass is 79.9. The zero-order valence-electron chi connectivity index (χ0n) is 11.1. The van der Waals surface area contributed by atoms with E-state index in [0.29, 0.717) is 15.6 Å². The minimum Gasteiger partial charge on any atom is -0.294 e. The second-order valence-electron chi connectivity index (χ2n) is 4.64. The average molecular weight is 371 g/mol. The molecule has 0 fully saturated rings. The van der Waals surface area contributed by atoms with Crippen LogP contribution in [0, 0.1) is 5.82 Å². The van der Waals surface area contributed by atoms with E-state index in [4.69, 9.17) is 0 Å². The van der Waals surface area contributed by atoms with Crippen molar-refractivity contribution in [3.63, 3.8) is 0 Å². The molecule has 0 spiro atoms. The third-order valence-electron chi connectivity index (χ3n) is 2.95. The van der Waals surface area contributed by atoms with Gasteiger partial charge < -0.3 is 0 Å². The Balaban J connectivity index is 2.18. The second-order valence-corrected chi connectivity index (χ2v) is 7.52. The predicted octanol–water partition coefficient (Wildman–Crippen LogP) is 3.42. The number of rotatable bonds is 4. The van der Waals surface area contributed by atoms with Gasteiger partial charge >= 0.3 is 0 Å². The molecule has 21 heavy (non-hydrogen) atoms. The van der Waals surface area contributed by atoms with Crippen LogP contribution in [0.2, 0.25) is 0 Å². The Kier molecular flexibility index (Phi) is 4.58. The van der Waals surface area contributed by atoms with Crippen molar-refractivity contribution in [1.82, 2.24) is 0 Å². The molecule has 0 bridgehead atoms. The molecule has 0 unspecified atom stereocenters. The molecule has 0 N–H and O–H groups in total. The van der Waals surface area contributed by atoms with E-state index in [0.717, 1.165) is 6.26 Å². The van der Waals surface area contributed by atoms with Crippen LogP contribution < -0.4 is 0 Å². The Morgan fingerprint density at radius 3 is 2.29 bits per heavy atom. The molecule has 0 saturated carbocycles. The van der Waals surface area contributed by atoms with Crippen LogP contribution in [0.3, 0.4) is 0 Å². The number of halogens is 2. The summed E-state index contributed by atoms with van der Waals surface area (Å²) < 4.78 is 36.1. The van der Waals surface area contributed by atoms with E-state index in [9.17, 15) is 17.6 Å². The SMILES string of the molecule is CS(=O)(=O)c1ccc(C(=O)Cc2ccc(F)c(Br)c2)cc1. The summed E-state index contributed by atoms with van der Waals surface area (Å²) in [5.41, 5.74) is 1.10. The monoisotopic (exact) mass is 370 g/mol. The molecule has 2 rings (SSSR count). The first kappa shape index (κ1) is 15.9. The van der Waals surface area contributed by atoms with Gasteiger partial charge in [0.2, 0.25) is 0 Å². The van der Waals surface area contributed by atoms with Crippen molar-refractivity contribution in [2.24, 2.45) is 0 Å². The lowest BCUT2D eigenvalue weighted by Crippen LogP contribution is -2.05. The first-order chi connectivity index (χ1) is 9.77. The molecule has 110 valence electrons. The molecule has 0 aliphatic rings. The van der Waals surface area contributed by atoms with Gasteiger partial charge in [0.05, 0.1) is 9.37 Å². The molecule has 0 radical (unpaired) electrons. The molecule has 0 saturated heterocycles. The minimum atomic E-state index is -3.27. The number of carbonyl (C=O) groups is 1. The normalized spacial score (nSPS) is 11.4. The number of ketones is 1. The quantitative estimate of drug-likeness (QED) is 0.774. The fourth-order valence-corrected chi connectivity index (χ4v) is 2.88. The van der Waals surface area contributed by atoms with Crippen molar-refractivity contribution in [3.05, 3.63) is 63.9 Å². The van der Waals surface area contributed by atoms with Crippen molar-refractivity contribution >= 4 is 31.6 Å². The van der Waals surface area contributed by atoms with Crippen LogP contribution in [0.4, 0.5) is 4.39 Å². The van der Waals surface area contributed by atoms with E-state index < -0.39 is 9.84 Å². The Morgan fingerprint density at radius 1 is 1.14 bits per heavy atom. The maximum Gasteiger partial charge on any atom is 0.175 e. The van der Waals surface area contributed by atoms with Gasteiger partial charge in [-0.15, -0.1) is 0 Å². The zero-order valence-corrected chi connectivity index (χ0v) is 13.5. The Bertz CT molecular complexity index is 783. The van der Waals surface area contributed by atoms with Crippen molar-refractivity contribution in [2.45, 2.75) is 11.3 Å². The first-order valence-electron chi connectivity index (χ1n) is 6.04. The van der Waals surface area contributed by atoms with E-state index in [1.807, 2.05) is 0 Å². The van der Waals surface area contributed by atoms with Crippen molar-refractivity contribution in [1.29, 1.82) is 0 Å². The summed E-state index contributed by atoms with van der Waals surface area (Å²) in [4.78, 5) is 12.3. The lowest BCUT2D eigenvalue weighted by atomic mass is 10.0. The molecule has 2 aromatic carbocycles. The van der Waals surface area contributed by atoms with E-state index >= 15 is 0 Å². The van der Waals surface area contributed by atoms with Crippen LogP contribution in [-0.2, 0) is 16.3 Å². The predicted molar refractivity (Wildman–Crippen MR) is 81.7 cm³/mol. The van der Waals surface area contributed by atoms with E-state index in [-0.39, 0.29) is 22.9 Å². The van der Waals surface area contributed by atoms with Crippen LogP contribution >= 0.6 is 15.9 Å². The smallest absolute Gasteiger partial charge is 0.175 e. The third-order valence-corrected chi connectivity index (χ3v) is 4.69. The van der Waals surface area contributed by atoms with E-state index in [1.54, 1.807) is 12.1 Å². The summed E-state index contributed by atoms with van der Waals surface area (Å²) in [6.45, 7) is 0. The summed E-state index contributed by atoms with van der Waals surface area (Å²) in [5.74, 6) is -0.544. The zero-order chi connectivity index (χ0) is 15.6. The summed E-state index contributed by atoms with van der Waals surface area (Å²) in [7, 11) is -3.27. The molecule has 3 nitrogen and oxygen atoms in total. The van der Waals surface area contributed by atoms with Crippen molar-refractivity contribution in [2.75, 3.05) is 6.26 Å². The third kappa shape index (κ3) is 3.98. The van der Waals surface area contributed by atoms with Gasteiger partial charge in [-0.05, 0) is 45.8 Å². The molecule has 0 aliphatic carbocycles. The van der Waals surface area contributed by atoms with Crippen molar-refractivity contribution < 1.29 is 17.6 Å². The van der Waals surface area contributed by atoms with Gasteiger partial charge in [0.15, 0.2) is 15.6 Å². The lowest BCUT2D eigenvalue weighted by molar-refractivity contribution is 0.0993. The van der Waals surface area contributed by atoms with Gasteiger partial charge in [0.25, 0.3) is 0 Å². The maximum absolute atomic E-state index is 13.1. The largest absolute Gasteiger partial charge is 0.294 e. The molecule has 0 amide bonds. The number of hydrogen-bond donors (Lipinski definition) is 0. The van der Waals surface area contributed by atoms with Gasteiger partial charge in [-0.2, -0.15) is 0 Å². The fourth-order valence-electron chi connectivity index (χ4n) is 1.83. The number of carbonyl (C=O) groups excluding carboxylic acids is 1. The molecule has 2 aromatic rings. The molecular formula is C15H12BrFO3S. The summed E-state index contributed by atoms with van der Waals surface area (Å²) in [5, 5.41) is 0. The van der Waals surface area contributed by atoms with Gasteiger partial charge in [-0.1, -0.05) is 18.2 Å². The first-order valence-corrected chi connectivity index (χ1v) is 8.73. The van der Waals surface area contributed by atoms with Gasteiger partial charge in [-0.3, -0.25) is 4.79 Å². The highest BCUT2D eigenvalue weighted by Crippen LogP contribution is 2.18. The van der Waals surface area contributed by atoms with Gasteiger partial charge in [-0.25, -0.2) is 12.8 Å². The van der Waals surface area contributed by atoms with Crippen LogP contribution in [0.5, 0.6) is 0 Å². The van der Waals surface area contributed by atoms with Gasteiger partial charge in [0.1, 0.15) is 5.82 Å². The lowest BCUT2D eigenvalue weighted by Gasteiger charge is -2.04. The number of Topliss-reactive ketones (excluding diaryl/α,β-unsaturated/α-hetero) is 1. The van der Waals surface area contributed by atoms with Crippen LogP contribution in [0.1, 0.15) is 15.9 Å². The van der Waals surface area contributed by atoms with Crippen LogP contribution in [-0.4, -0.2) is 20.5 Å². The highest BCUT2D eigenvalue weighted by Gasteiger charge is 2.11. The summed E-state index contributed by atoms with van der Waals surface area (Å²) >= 11 is 3.07. The molecule has 0 aliphatic heterocycles. The Labute approximate surface area is 130 Å². The van der Waals surface area contributed by atoms with Gasteiger partial charge in [0, 0.05) is 18.2 Å². The fraction of sp³-hybridized carbons (Fsp3) is 0.133. The maximum atomic E-state index is 13.1. The number of benzene rings is 2. The molecular weight excluding hydrogens is 359 g/mol. The Hall–Kier alpha value is -1.53. The summed E-state index contributed by atoms with van der Waals surface area (Å²) in [6.07, 6.45) is 1.23. The highest BCUT2D eigenvalue weighted by molar-refractivity contribution is 9.10. The minimum absolute atomic E-state index is 0.122. The number of sulfone groups is 1. The van der Waals surface area contributed by atoms with E-state index in [1.165, 1.54) is 30.3 Å². The van der Waals surface area contributed by atoms with Crippen LogP contribution in [0.25, 0.3) is 0 Å². The molecule has 6 heteroatoms. The standard InChI is InChI=1S/C15H12BrFO3S/c1-21(19,20)12-5-3-11(4-6-12)15(18)9-10-2-7-14(17)13(16)8-10/h2-8H,9H2,1H3.